The molecule has 2 atom stereocenters. The SMILES string of the molecule is CCNC(=O)CCNC(=O)C1CCC(N)C1. The summed E-state index contributed by atoms with van der Waals surface area (Å²) in [6, 6.07) is 0.166. The minimum absolute atomic E-state index is 0.0223. The van der Waals surface area contributed by atoms with E-state index in [-0.39, 0.29) is 23.8 Å². The molecule has 2 unspecified atom stereocenters. The van der Waals surface area contributed by atoms with E-state index in [4.69, 9.17) is 5.73 Å². The molecule has 1 aliphatic rings. The molecule has 0 aromatic rings. The fraction of sp³-hybridized carbons (Fsp3) is 0.818. The molecule has 0 aromatic carbocycles. The molecular weight excluding hydrogens is 206 g/mol. The first-order chi connectivity index (χ1) is 7.63. The van der Waals surface area contributed by atoms with E-state index in [1.54, 1.807) is 0 Å². The first kappa shape index (κ1) is 13.0. The third kappa shape index (κ3) is 4.18. The van der Waals surface area contributed by atoms with E-state index in [0.717, 1.165) is 19.3 Å². The van der Waals surface area contributed by atoms with Gasteiger partial charge in [-0.25, -0.2) is 0 Å². The number of nitrogens with one attached hydrogen (secondary N) is 2. The van der Waals surface area contributed by atoms with Crippen LogP contribution >= 0.6 is 0 Å². The molecule has 0 spiro atoms. The van der Waals surface area contributed by atoms with Gasteiger partial charge in [0, 0.05) is 31.5 Å². The summed E-state index contributed by atoms with van der Waals surface area (Å²) in [6.07, 6.45) is 2.91. The normalized spacial score (nSPS) is 24.1. The highest BCUT2D eigenvalue weighted by atomic mass is 16.2. The van der Waals surface area contributed by atoms with Crippen molar-refractivity contribution in [2.45, 2.75) is 38.6 Å². The topological polar surface area (TPSA) is 84.2 Å². The predicted molar refractivity (Wildman–Crippen MR) is 61.6 cm³/mol. The average molecular weight is 227 g/mol. The third-order valence-corrected chi connectivity index (χ3v) is 2.87. The highest BCUT2D eigenvalue weighted by Gasteiger charge is 2.27. The van der Waals surface area contributed by atoms with E-state index in [2.05, 4.69) is 10.6 Å². The van der Waals surface area contributed by atoms with Gasteiger partial charge in [0.15, 0.2) is 0 Å². The van der Waals surface area contributed by atoms with Crippen molar-refractivity contribution in [3.63, 3.8) is 0 Å². The Bertz CT molecular complexity index is 256. The molecule has 0 saturated heterocycles. The Labute approximate surface area is 96.1 Å². The van der Waals surface area contributed by atoms with Gasteiger partial charge in [-0.15, -0.1) is 0 Å². The number of amides is 2. The van der Waals surface area contributed by atoms with Gasteiger partial charge < -0.3 is 16.4 Å². The van der Waals surface area contributed by atoms with Gasteiger partial charge in [0.05, 0.1) is 0 Å². The fourth-order valence-electron chi connectivity index (χ4n) is 1.98. The van der Waals surface area contributed by atoms with Crippen molar-refractivity contribution in [3.8, 4) is 0 Å². The zero-order valence-electron chi connectivity index (χ0n) is 9.79. The smallest absolute Gasteiger partial charge is 0.223 e. The van der Waals surface area contributed by atoms with Crippen LogP contribution in [0, 0.1) is 5.92 Å². The predicted octanol–water partition coefficient (Wildman–Crippen LogP) is -0.244. The minimum Gasteiger partial charge on any atom is -0.356 e. The van der Waals surface area contributed by atoms with Gasteiger partial charge in [-0.1, -0.05) is 0 Å². The Hall–Kier alpha value is -1.10. The highest BCUT2D eigenvalue weighted by molar-refractivity contribution is 5.80. The molecule has 1 rings (SSSR count). The van der Waals surface area contributed by atoms with Gasteiger partial charge >= 0.3 is 0 Å². The molecule has 0 bridgehead atoms. The zero-order chi connectivity index (χ0) is 12.0. The lowest BCUT2D eigenvalue weighted by atomic mass is 10.1. The van der Waals surface area contributed by atoms with Crippen molar-refractivity contribution in [1.29, 1.82) is 0 Å². The van der Waals surface area contributed by atoms with Crippen molar-refractivity contribution in [2.24, 2.45) is 11.7 Å². The summed E-state index contributed by atoms with van der Waals surface area (Å²) in [4.78, 5) is 22.7. The molecule has 1 fully saturated rings. The molecule has 2 amide bonds. The van der Waals surface area contributed by atoms with Crippen molar-refractivity contribution in [3.05, 3.63) is 0 Å². The van der Waals surface area contributed by atoms with Crippen LogP contribution in [-0.2, 0) is 9.59 Å². The Balaban J connectivity index is 2.13. The number of carbonyl (C=O) groups excluding carboxylic acids is 2. The summed E-state index contributed by atoms with van der Waals surface area (Å²) in [5.41, 5.74) is 5.74. The summed E-state index contributed by atoms with van der Waals surface area (Å²) in [6.45, 7) is 2.91. The minimum atomic E-state index is -0.0223. The standard InChI is InChI=1S/C11H21N3O2/c1-2-13-10(15)5-6-14-11(16)8-3-4-9(12)7-8/h8-9H,2-7,12H2,1H3,(H,13,15)(H,14,16). The Kier molecular flexibility index (Phi) is 5.25. The van der Waals surface area contributed by atoms with E-state index in [1.165, 1.54) is 0 Å². The summed E-state index contributed by atoms with van der Waals surface area (Å²) < 4.78 is 0. The van der Waals surface area contributed by atoms with E-state index >= 15 is 0 Å². The first-order valence-electron chi connectivity index (χ1n) is 5.93. The maximum Gasteiger partial charge on any atom is 0.223 e. The average Bonchev–Trinajstić information content (AvgIpc) is 2.65. The van der Waals surface area contributed by atoms with Gasteiger partial charge in [0.1, 0.15) is 0 Å². The summed E-state index contributed by atoms with van der Waals surface area (Å²) in [5.74, 6) is 0.0624. The van der Waals surface area contributed by atoms with Gasteiger partial charge in [-0.3, -0.25) is 9.59 Å². The molecule has 5 heteroatoms. The maximum atomic E-state index is 11.6. The van der Waals surface area contributed by atoms with Crippen LogP contribution in [0.25, 0.3) is 0 Å². The second-order valence-electron chi connectivity index (χ2n) is 4.26. The molecule has 92 valence electrons. The second-order valence-corrected chi connectivity index (χ2v) is 4.26. The highest BCUT2D eigenvalue weighted by Crippen LogP contribution is 2.23. The molecule has 0 radical (unpaired) electrons. The number of nitrogens with two attached hydrogens (primary N) is 1. The van der Waals surface area contributed by atoms with Crippen LogP contribution in [0.15, 0.2) is 0 Å². The number of carbonyl (C=O) groups is 2. The van der Waals surface area contributed by atoms with Crippen LogP contribution in [-0.4, -0.2) is 30.9 Å². The zero-order valence-corrected chi connectivity index (χ0v) is 9.79. The van der Waals surface area contributed by atoms with Gasteiger partial charge in [-0.05, 0) is 26.2 Å². The Morgan fingerprint density at radius 2 is 2.06 bits per heavy atom. The van der Waals surface area contributed by atoms with Crippen molar-refractivity contribution in [2.75, 3.05) is 13.1 Å². The summed E-state index contributed by atoms with van der Waals surface area (Å²) in [7, 11) is 0. The van der Waals surface area contributed by atoms with E-state index in [9.17, 15) is 9.59 Å². The molecule has 1 aliphatic carbocycles. The molecule has 0 aromatic heterocycles. The van der Waals surface area contributed by atoms with Crippen LogP contribution < -0.4 is 16.4 Å². The molecule has 1 saturated carbocycles. The Morgan fingerprint density at radius 3 is 2.62 bits per heavy atom. The molecular formula is C11H21N3O2. The van der Waals surface area contributed by atoms with Crippen LogP contribution in [0.5, 0.6) is 0 Å². The van der Waals surface area contributed by atoms with Crippen LogP contribution in [0.4, 0.5) is 0 Å². The summed E-state index contributed by atoms with van der Waals surface area (Å²) in [5, 5.41) is 5.46. The van der Waals surface area contributed by atoms with E-state index in [0.29, 0.717) is 19.5 Å². The third-order valence-electron chi connectivity index (χ3n) is 2.87. The lowest BCUT2D eigenvalue weighted by Crippen LogP contribution is -2.34. The molecule has 5 nitrogen and oxygen atoms in total. The largest absolute Gasteiger partial charge is 0.356 e. The fourth-order valence-corrected chi connectivity index (χ4v) is 1.98. The summed E-state index contributed by atoms with van der Waals surface area (Å²) >= 11 is 0. The van der Waals surface area contributed by atoms with Crippen LogP contribution in [0.2, 0.25) is 0 Å². The quantitative estimate of drug-likeness (QED) is 0.606. The van der Waals surface area contributed by atoms with E-state index in [1.807, 2.05) is 6.92 Å². The molecule has 4 N–H and O–H groups in total. The number of rotatable bonds is 5. The van der Waals surface area contributed by atoms with Gasteiger partial charge in [0.2, 0.25) is 11.8 Å². The van der Waals surface area contributed by atoms with Crippen molar-refractivity contribution < 1.29 is 9.59 Å². The lowest BCUT2D eigenvalue weighted by molar-refractivity contribution is -0.125. The van der Waals surface area contributed by atoms with Crippen LogP contribution in [0.1, 0.15) is 32.6 Å². The first-order valence-corrected chi connectivity index (χ1v) is 5.93. The molecule has 0 aliphatic heterocycles. The maximum absolute atomic E-state index is 11.6. The Morgan fingerprint density at radius 1 is 1.31 bits per heavy atom. The molecule has 0 heterocycles. The van der Waals surface area contributed by atoms with E-state index < -0.39 is 0 Å². The lowest BCUT2D eigenvalue weighted by Gasteiger charge is -2.10. The monoisotopic (exact) mass is 227 g/mol. The number of hydrogen-bond donors (Lipinski definition) is 3. The van der Waals surface area contributed by atoms with Gasteiger partial charge in [-0.2, -0.15) is 0 Å². The molecule has 16 heavy (non-hydrogen) atoms. The van der Waals surface area contributed by atoms with Crippen molar-refractivity contribution in [1.82, 2.24) is 10.6 Å². The van der Waals surface area contributed by atoms with Crippen LogP contribution in [0.3, 0.4) is 0 Å². The number of hydrogen-bond acceptors (Lipinski definition) is 3. The van der Waals surface area contributed by atoms with Gasteiger partial charge in [0.25, 0.3) is 0 Å². The second kappa shape index (κ2) is 6.48. The van der Waals surface area contributed by atoms with Crippen molar-refractivity contribution >= 4 is 11.8 Å².